The van der Waals surface area contributed by atoms with Crippen LogP contribution in [-0.2, 0) is 0 Å². The zero-order valence-corrected chi connectivity index (χ0v) is 12.7. The first kappa shape index (κ1) is 14.9. The van der Waals surface area contributed by atoms with Crippen molar-refractivity contribution in [3.63, 3.8) is 0 Å². The summed E-state index contributed by atoms with van der Waals surface area (Å²) >= 11 is 0. The van der Waals surface area contributed by atoms with E-state index in [4.69, 9.17) is 0 Å². The summed E-state index contributed by atoms with van der Waals surface area (Å²) in [5, 5.41) is 3.50. The summed E-state index contributed by atoms with van der Waals surface area (Å²) in [4.78, 5) is 2.42. The van der Waals surface area contributed by atoms with E-state index in [1.54, 1.807) is 12.1 Å². The molecule has 1 saturated heterocycles. The number of nitrogens with zero attached hydrogens (tertiary/aromatic N) is 1. The van der Waals surface area contributed by atoms with Crippen LogP contribution in [0, 0.1) is 11.6 Å². The lowest BCUT2D eigenvalue weighted by Crippen LogP contribution is -2.62. The molecule has 1 spiro atoms. The molecule has 116 valence electrons. The van der Waals surface area contributed by atoms with Gasteiger partial charge in [0.2, 0.25) is 0 Å². The van der Waals surface area contributed by atoms with Crippen LogP contribution in [0.1, 0.15) is 50.6 Å². The second-order valence-electron chi connectivity index (χ2n) is 6.47. The van der Waals surface area contributed by atoms with Gasteiger partial charge in [0.15, 0.2) is 11.6 Å². The van der Waals surface area contributed by atoms with Crippen LogP contribution in [0.5, 0.6) is 0 Å². The summed E-state index contributed by atoms with van der Waals surface area (Å²) in [6.07, 6.45) is 6.06. The Morgan fingerprint density at radius 3 is 2.71 bits per heavy atom. The zero-order valence-electron chi connectivity index (χ0n) is 12.7. The van der Waals surface area contributed by atoms with Crippen LogP contribution in [0.4, 0.5) is 8.78 Å². The molecule has 1 atom stereocenters. The van der Waals surface area contributed by atoms with E-state index in [1.165, 1.54) is 25.3 Å². The SMILES string of the molecule is CC(c1cccc(F)c1F)N1CCNCC12CCCCC2. The predicted molar refractivity (Wildman–Crippen MR) is 80.2 cm³/mol. The van der Waals surface area contributed by atoms with E-state index in [-0.39, 0.29) is 11.6 Å². The zero-order chi connectivity index (χ0) is 14.9. The van der Waals surface area contributed by atoms with Crippen LogP contribution in [0.2, 0.25) is 0 Å². The van der Waals surface area contributed by atoms with Crippen molar-refractivity contribution in [1.82, 2.24) is 10.2 Å². The molecule has 3 rings (SSSR count). The summed E-state index contributed by atoms with van der Waals surface area (Å²) in [7, 11) is 0. The maximum atomic E-state index is 14.1. The molecule has 2 fully saturated rings. The smallest absolute Gasteiger partial charge is 0.163 e. The van der Waals surface area contributed by atoms with Gasteiger partial charge >= 0.3 is 0 Å². The van der Waals surface area contributed by atoms with Crippen LogP contribution in [0.3, 0.4) is 0 Å². The van der Waals surface area contributed by atoms with E-state index in [9.17, 15) is 8.78 Å². The minimum Gasteiger partial charge on any atom is -0.314 e. The van der Waals surface area contributed by atoms with Crippen molar-refractivity contribution in [2.45, 2.75) is 50.6 Å². The minimum atomic E-state index is -0.743. The highest BCUT2D eigenvalue weighted by molar-refractivity contribution is 5.23. The molecule has 1 aliphatic heterocycles. The Balaban J connectivity index is 1.90. The summed E-state index contributed by atoms with van der Waals surface area (Å²) in [5.41, 5.74) is 0.608. The van der Waals surface area contributed by atoms with Crippen LogP contribution >= 0.6 is 0 Å². The molecule has 2 nitrogen and oxygen atoms in total. The van der Waals surface area contributed by atoms with Crippen LogP contribution < -0.4 is 5.32 Å². The molecule has 1 saturated carbocycles. The average Bonchev–Trinajstić information content (AvgIpc) is 2.51. The monoisotopic (exact) mass is 294 g/mol. The van der Waals surface area contributed by atoms with Gasteiger partial charge in [0.1, 0.15) is 0 Å². The van der Waals surface area contributed by atoms with E-state index >= 15 is 0 Å². The normalized spacial score (nSPS) is 24.1. The molecule has 1 aromatic rings. The van der Waals surface area contributed by atoms with Crippen molar-refractivity contribution in [2.24, 2.45) is 0 Å². The lowest BCUT2D eigenvalue weighted by atomic mass is 9.78. The second-order valence-corrected chi connectivity index (χ2v) is 6.47. The first-order chi connectivity index (χ1) is 10.1. The molecule has 1 aliphatic carbocycles. The fraction of sp³-hybridized carbons (Fsp3) is 0.647. The van der Waals surface area contributed by atoms with Crippen molar-refractivity contribution in [3.8, 4) is 0 Å². The molecule has 0 bridgehead atoms. The van der Waals surface area contributed by atoms with Gasteiger partial charge in [-0.05, 0) is 25.8 Å². The van der Waals surface area contributed by atoms with Crippen LogP contribution in [0.25, 0.3) is 0 Å². The summed E-state index contributed by atoms with van der Waals surface area (Å²) < 4.78 is 27.7. The van der Waals surface area contributed by atoms with Crippen molar-refractivity contribution >= 4 is 0 Å². The Bertz CT molecular complexity index is 489. The summed E-state index contributed by atoms with van der Waals surface area (Å²) in [6.45, 7) is 4.80. The largest absolute Gasteiger partial charge is 0.314 e. The second kappa shape index (κ2) is 6.01. The van der Waals surface area contributed by atoms with Crippen LogP contribution in [-0.4, -0.2) is 30.1 Å². The van der Waals surface area contributed by atoms with Gasteiger partial charge in [0.05, 0.1) is 0 Å². The Labute approximate surface area is 125 Å². The third kappa shape index (κ3) is 2.71. The van der Waals surface area contributed by atoms with E-state index in [1.807, 2.05) is 6.92 Å². The van der Waals surface area contributed by atoms with Crippen molar-refractivity contribution < 1.29 is 8.78 Å². The lowest BCUT2D eigenvalue weighted by molar-refractivity contribution is -0.00390. The number of halogens is 2. The third-order valence-electron chi connectivity index (χ3n) is 5.28. The van der Waals surface area contributed by atoms with Gasteiger partial charge in [-0.15, -0.1) is 0 Å². The molecule has 0 amide bonds. The quantitative estimate of drug-likeness (QED) is 0.896. The van der Waals surface area contributed by atoms with Crippen molar-refractivity contribution in [2.75, 3.05) is 19.6 Å². The minimum absolute atomic E-state index is 0.0825. The highest BCUT2D eigenvalue weighted by Crippen LogP contribution is 2.40. The lowest BCUT2D eigenvalue weighted by Gasteiger charge is -2.52. The highest BCUT2D eigenvalue weighted by atomic mass is 19.2. The van der Waals surface area contributed by atoms with Gasteiger partial charge < -0.3 is 5.32 Å². The van der Waals surface area contributed by atoms with E-state index in [2.05, 4.69) is 10.2 Å². The number of rotatable bonds is 2. The molecule has 4 heteroatoms. The van der Waals surface area contributed by atoms with Gasteiger partial charge in [-0.3, -0.25) is 4.90 Å². The maximum Gasteiger partial charge on any atom is 0.163 e. The number of piperazine rings is 1. The third-order valence-corrected chi connectivity index (χ3v) is 5.28. The topological polar surface area (TPSA) is 15.3 Å². The number of benzene rings is 1. The van der Waals surface area contributed by atoms with Crippen LogP contribution in [0.15, 0.2) is 18.2 Å². The van der Waals surface area contributed by atoms with Crippen molar-refractivity contribution in [1.29, 1.82) is 0 Å². The Kier molecular flexibility index (Phi) is 4.27. The molecule has 0 radical (unpaired) electrons. The number of nitrogens with one attached hydrogen (secondary N) is 1. The molecule has 21 heavy (non-hydrogen) atoms. The molecule has 1 N–H and O–H groups in total. The number of hydrogen-bond acceptors (Lipinski definition) is 2. The van der Waals surface area contributed by atoms with E-state index < -0.39 is 11.6 Å². The Morgan fingerprint density at radius 1 is 1.19 bits per heavy atom. The van der Waals surface area contributed by atoms with Crippen molar-refractivity contribution in [3.05, 3.63) is 35.4 Å². The fourth-order valence-electron chi connectivity index (χ4n) is 4.15. The average molecular weight is 294 g/mol. The van der Waals surface area contributed by atoms with E-state index in [0.29, 0.717) is 5.56 Å². The maximum absolute atomic E-state index is 14.1. The molecule has 1 aromatic carbocycles. The van der Waals surface area contributed by atoms with E-state index in [0.717, 1.165) is 32.5 Å². The fourth-order valence-corrected chi connectivity index (χ4v) is 4.15. The first-order valence-corrected chi connectivity index (χ1v) is 8.05. The first-order valence-electron chi connectivity index (χ1n) is 8.05. The van der Waals surface area contributed by atoms with Gasteiger partial charge in [0.25, 0.3) is 0 Å². The Morgan fingerprint density at radius 2 is 1.95 bits per heavy atom. The molecular formula is C17H24F2N2. The number of hydrogen-bond donors (Lipinski definition) is 1. The van der Waals surface area contributed by atoms with Gasteiger partial charge in [0, 0.05) is 36.8 Å². The predicted octanol–water partition coefficient (Wildman–Crippen LogP) is 3.63. The molecule has 1 heterocycles. The molecule has 0 aromatic heterocycles. The summed E-state index contributed by atoms with van der Waals surface area (Å²) in [6, 6.07) is 4.45. The summed E-state index contributed by atoms with van der Waals surface area (Å²) in [5.74, 6) is -1.43. The highest BCUT2D eigenvalue weighted by Gasteiger charge is 2.42. The van der Waals surface area contributed by atoms with Gasteiger partial charge in [-0.25, -0.2) is 8.78 Å². The van der Waals surface area contributed by atoms with Gasteiger partial charge in [-0.2, -0.15) is 0 Å². The molecular weight excluding hydrogens is 270 g/mol. The Hall–Kier alpha value is -1.00. The standard InChI is InChI=1S/C17H24F2N2/c1-13(14-6-5-7-15(18)16(14)19)21-11-10-20-12-17(21)8-3-2-4-9-17/h5-7,13,20H,2-4,8-12H2,1H3. The molecule has 2 aliphatic rings. The van der Waals surface area contributed by atoms with Gasteiger partial charge in [-0.1, -0.05) is 31.4 Å². The molecule has 1 unspecified atom stereocenters.